The van der Waals surface area contributed by atoms with Crippen LogP contribution in [0.15, 0.2) is 18.3 Å². The number of rotatable bonds is 7. The molecule has 2 aromatic heterocycles. The third-order valence-corrected chi connectivity index (χ3v) is 7.88. The van der Waals surface area contributed by atoms with Crippen LogP contribution in [0, 0.1) is 17.6 Å². The van der Waals surface area contributed by atoms with Crippen LogP contribution < -0.4 is 16.4 Å². The highest BCUT2D eigenvalue weighted by molar-refractivity contribution is 6.30. The average molecular weight is 547 g/mol. The van der Waals surface area contributed by atoms with Gasteiger partial charge in [0.05, 0.1) is 6.20 Å². The fraction of sp³-hybridized carbons (Fsp3) is 0.538. The molecule has 1 aliphatic carbocycles. The molecular weight excluding hydrogens is 514 g/mol. The maximum atomic E-state index is 14.7. The molecule has 4 N–H and O–H groups in total. The number of carbonyl (C=O) groups excluding carboxylic acids is 1. The Morgan fingerprint density at radius 1 is 1.13 bits per heavy atom. The molecule has 12 heteroatoms. The number of hydrogen-bond donors (Lipinski definition) is 3. The van der Waals surface area contributed by atoms with Crippen molar-refractivity contribution in [1.82, 2.24) is 24.4 Å². The number of imidazole rings is 1. The number of nitrogens with zero attached hydrogens (tertiary/aromatic N) is 5. The molecule has 1 saturated carbocycles. The summed E-state index contributed by atoms with van der Waals surface area (Å²) in [6, 6.07) is 2.67. The Kier molecular flexibility index (Phi) is 7.67. The lowest BCUT2D eigenvalue weighted by atomic mass is 9.85. The van der Waals surface area contributed by atoms with Gasteiger partial charge in [-0.1, -0.05) is 11.6 Å². The molecule has 3 heterocycles. The van der Waals surface area contributed by atoms with Gasteiger partial charge in [0, 0.05) is 35.6 Å². The van der Waals surface area contributed by atoms with Crippen molar-refractivity contribution in [3.8, 4) is 0 Å². The Balaban J connectivity index is 1.49. The zero-order valence-electron chi connectivity index (χ0n) is 21.6. The average Bonchev–Trinajstić information content (AvgIpc) is 3.23. The molecular formula is C26H33ClF2N8O. The van der Waals surface area contributed by atoms with E-state index >= 15 is 0 Å². The van der Waals surface area contributed by atoms with Gasteiger partial charge in [0.1, 0.15) is 11.2 Å². The predicted molar refractivity (Wildman–Crippen MR) is 144 cm³/mol. The molecule has 1 saturated heterocycles. The maximum Gasteiger partial charge on any atom is 0.225 e. The summed E-state index contributed by atoms with van der Waals surface area (Å²) in [7, 11) is 0. The van der Waals surface area contributed by atoms with Crippen molar-refractivity contribution in [1.29, 1.82) is 0 Å². The SMILES string of the molecule is CC(C)N1CCC[C@@H](Nc2ncc3nc(Nc4c(F)cc(Cl)cc4F)n([C@H]4CC[C@@H](C(N)=O)CC4)c3n2)C1. The fourth-order valence-electron chi connectivity index (χ4n) is 5.56. The molecule has 1 aliphatic heterocycles. The Morgan fingerprint density at radius 2 is 1.84 bits per heavy atom. The summed E-state index contributed by atoms with van der Waals surface area (Å²) in [6.45, 7) is 6.36. The maximum absolute atomic E-state index is 14.7. The summed E-state index contributed by atoms with van der Waals surface area (Å²) >= 11 is 5.81. The number of carbonyl (C=O) groups is 1. The van der Waals surface area contributed by atoms with E-state index in [0.717, 1.165) is 38.1 Å². The predicted octanol–water partition coefficient (Wildman–Crippen LogP) is 5.00. The van der Waals surface area contributed by atoms with Gasteiger partial charge >= 0.3 is 0 Å². The molecule has 3 aromatic rings. The number of hydrogen-bond acceptors (Lipinski definition) is 7. The molecule has 5 rings (SSSR count). The van der Waals surface area contributed by atoms with Crippen LogP contribution >= 0.6 is 11.6 Å². The minimum atomic E-state index is -0.827. The fourth-order valence-corrected chi connectivity index (χ4v) is 5.75. The number of piperidine rings is 1. The van der Waals surface area contributed by atoms with Crippen LogP contribution in [0.3, 0.4) is 0 Å². The number of primary amides is 1. The Bertz CT molecular complexity index is 1300. The number of likely N-dealkylation sites (tertiary alicyclic amines) is 1. The minimum Gasteiger partial charge on any atom is -0.369 e. The quantitative estimate of drug-likeness (QED) is 0.382. The molecule has 0 unspecified atom stereocenters. The molecule has 0 radical (unpaired) electrons. The second-order valence-corrected chi connectivity index (χ2v) is 11.0. The molecule has 1 amide bonds. The first kappa shape index (κ1) is 26.6. The second-order valence-electron chi connectivity index (χ2n) is 10.6. The van der Waals surface area contributed by atoms with E-state index in [1.165, 1.54) is 0 Å². The Hall–Kier alpha value is -3.05. The molecule has 2 aliphatic rings. The number of aromatic nitrogens is 4. The number of amides is 1. The number of fused-ring (bicyclic) bond motifs is 1. The number of anilines is 3. The first-order chi connectivity index (χ1) is 18.2. The lowest BCUT2D eigenvalue weighted by Crippen LogP contribution is -2.45. The van der Waals surface area contributed by atoms with Crippen LogP contribution in [-0.4, -0.2) is 55.5 Å². The van der Waals surface area contributed by atoms with Gasteiger partial charge in [0.15, 0.2) is 17.3 Å². The van der Waals surface area contributed by atoms with Gasteiger partial charge in [-0.2, -0.15) is 4.98 Å². The summed E-state index contributed by atoms with van der Waals surface area (Å²) in [5.41, 5.74) is 6.24. The van der Waals surface area contributed by atoms with Gasteiger partial charge in [0.25, 0.3) is 0 Å². The highest BCUT2D eigenvalue weighted by Gasteiger charge is 2.30. The molecule has 38 heavy (non-hydrogen) atoms. The van der Waals surface area contributed by atoms with Gasteiger partial charge in [-0.25, -0.2) is 18.7 Å². The number of benzene rings is 1. The molecule has 0 spiro atoms. The third kappa shape index (κ3) is 5.54. The van der Waals surface area contributed by atoms with Gasteiger partial charge in [-0.3, -0.25) is 14.3 Å². The van der Waals surface area contributed by atoms with E-state index in [-0.39, 0.29) is 40.6 Å². The summed E-state index contributed by atoms with van der Waals surface area (Å²) in [4.78, 5) is 28.1. The third-order valence-electron chi connectivity index (χ3n) is 7.66. The standard InChI is InChI=1S/C26H33ClF2N8O/c1-14(2)36-9-3-4-17(13-36)32-25-31-12-21-24(35-25)37(18-7-5-15(6-8-18)23(30)38)26(33-21)34-22-19(28)10-16(27)11-20(22)29/h10-12,14-15,17-18H,3-9,13H2,1-2H3,(H2,30,38)(H,33,34)(H,31,32,35)/t15-,17-,18+/m1/s1. The van der Waals surface area contributed by atoms with Crippen LogP contribution in [0.1, 0.15) is 58.4 Å². The number of nitrogens with two attached hydrogens (primary N) is 1. The van der Waals surface area contributed by atoms with Crippen LogP contribution in [-0.2, 0) is 4.79 Å². The minimum absolute atomic E-state index is 0.0378. The zero-order valence-corrected chi connectivity index (χ0v) is 22.3. The van der Waals surface area contributed by atoms with Crippen molar-refractivity contribution in [3.63, 3.8) is 0 Å². The Labute approximate surface area is 225 Å². The largest absolute Gasteiger partial charge is 0.369 e. The normalized spacial score (nSPS) is 22.6. The number of nitrogens with one attached hydrogen (secondary N) is 2. The first-order valence-corrected chi connectivity index (χ1v) is 13.5. The second kappa shape index (κ2) is 11.0. The highest BCUT2D eigenvalue weighted by atomic mass is 35.5. The monoisotopic (exact) mass is 546 g/mol. The molecule has 1 aromatic carbocycles. The van der Waals surface area contributed by atoms with E-state index in [1.807, 2.05) is 4.57 Å². The van der Waals surface area contributed by atoms with Crippen molar-refractivity contribution < 1.29 is 13.6 Å². The van der Waals surface area contributed by atoms with Crippen LogP contribution in [0.4, 0.5) is 26.4 Å². The van der Waals surface area contributed by atoms with E-state index in [2.05, 4.69) is 39.3 Å². The lowest BCUT2D eigenvalue weighted by molar-refractivity contribution is -0.122. The zero-order chi connectivity index (χ0) is 27.0. The molecule has 1 atom stereocenters. The molecule has 2 fully saturated rings. The summed E-state index contributed by atoms with van der Waals surface area (Å²) < 4.78 is 31.2. The van der Waals surface area contributed by atoms with Crippen molar-refractivity contribution in [2.75, 3.05) is 23.7 Å². The van der Waals surface area contributed by atoms with E-state index in [0.29, 0.717) is 48.8 Å². The van der Waals surface area contributed by atoms with E-state index in [4.69, 9.17) is 22.3 Å². The van der Waals surface area contributed by atoms with Crippen LogP contribution in [0.5, 0.6) is 0 Å². The molecule has 0 bridgehead atoms. The lowest BCUT2D eigenvalue weighted by Gasteiger charge is -2.35. The van der Waals surface area contributed by atoms with Crippen LogP contribution in [0.2, 0.25) is 5.02 Å². The molecule has 9 nitrogen and oxygen atoms in total. The van der Waals surface area contributed by atoms with E-state index < -0.39 is 11.6 Å². The van der Waals surface area contributed by atoms with Crippen molar-refractivity contribution in [2.24, 2.45) is 11.7 Å². The van der Waals surface area contributed by atoms with Crippen LogP contribution in [0.25, 0.3) is 11.2 Å². The topological polar surface area (TPSA) is 114 Å². The summed E-state index contributed by atoms with van der Waals surface area (Å²) in [5.74, 6) is -1.42. The Morgan fingerprint density at radius 3 is 2.50 bits per heavy atom. The highest BCUT2D eigenvalue weighted by Crippen LogP contribution is 2.38. The van der Waals surface area contributed by atoms with Crippen molar-refractivity contribution >= 4 is 46.3 Å². The first-order valence-electron chi connectivity index (χ1n) is 13.2. The van der Waals surface area contributed by atoms with E-state index in [1.54, 1.807) is 6.20 Å². The summed E-state index contributed by atoms with van der Waals surface area (Å²) in [5, 5.41) is 6.27. The van der Waals surface area contributed by atoms with Gasteiger partial charge in [-0.15, -0.1) is 0 Å². The number of halogens is 3. The van der Waals surface area contributed by atoms with Gasteiger partial charge in [-0.05, 0) is 71.0 Å². The smallest absolute Gasteiger partial charge is 0.225 e. The van der Waals surface area contributed by atoms with E-state index in [9.17, 15) is 13.6 Å². The van der Waals surface area contributed by atoms with Crippen molar-refractivity contribution in [3.05, 3.63) is 35.0 Å². The molecule has 204 valence electrons. The van der Waals surface area contributed by atoms with Gasteiger partial charge < -0.3 is 16.4 Å². The van der Waals surface area contributed by atoms with Crippen molar-refractivity contribution in [2.45, 2.75) is 70.5 Å². The summed E-state index contributed by atoms with van der Waals surface area (Å²) in [6.07, 6.45) is 6.27. The van der Waals surface area contributed by atoms with Gasteiger partial charge in [0.2, 0.25) is 17.8 Å².